The molecule has 0 fully saturated rings. The van der Waals surface area contributed by atoms with Crippen molar-refractivity contribution in [2.75, 3.05) is 10.6 Å². The van der Waals surface area contributed by atoms with E-state index in [0.29, 0.717) is 27.5 Å². The molecule has 0 radical (unpaired) electrons. The summed E-state index contributed by atoms with van der Waals surface area (Å²) in [5, 5.41) is 6.39. The van der Waals surface area contributed by atoms with Crippen LogP contribution in [0.3, 0.4) is 0 Å². The molecular weight excluding hydrogens is 426 g/mol. The third-order valence-corrected chi connectivity index (χ3v) is 5.21. The van der Waals surface area contributed by atoms with Gasteiger partial charge in [0.1, 0.15) is 5.70 Å². The van der Waals surface area contributed by atoms with Gasteiger partial charge < -0.3 is 10.6 Å². The number of hydrogen-bond donors (Lipinski definition) is 2. The van der Waals surface area contributed by atoms with Crippen LogP contribution >= 0.6 is 11.6 Å². The van der Waals surface area contributed by atoms with Crippen LogP contribution in [0.5, 0.6) is 0 Å². The first-order valence-corrected chi connectivity index (χ1v) is 10.3. The molecule has 3 aromatic rings. The monoisotopic (exact) mass is 445 g/mol. The molecule has 3 amide bonds. The summed E-state index contributed by atoms with van der Waals surface area (Å²) in [5.41, 5.74) is 3.24. The minimum absolute atomic E-state index is 0.137. The van der Waals surface area contributed by atoms with Crippen LogP contribution in [0.4, 0.5) is 11.4 Å². The molecule has 4 rings (SSSR count). The topological polar surface area (TPSA) is 78.5 Å². The zero-order chi connectivity index (χ0) is 22.7. The van der Waals surface area contributed by atoms with E-state index >= 15 is 0 Å². The lowest BCUT2D eigenvalue weighted by Gasteiger charge is -2.15. The molecule has 2 N–H and O–H groups in total. The second kappa shape index (κ2) is 9.08. The van der Waals surface area contributed by atoms with Gasteiger partial charge in [0.25, 0.3) is 11.8 Å². The first-order valence-electron chi connectivity index (χ1n) is 9.97. The Hall–Kier alpha value is -3.90. The van der Waals surface area contributed by atoms with Crippen molar-refractivity contribution >= 4 is 46.3 Å². The number of carbonyl (C=O) groups excluding carboxylic acids is 3. The van der Waals surface area contributed by atoms with Crippen LogP contribution in [0.15, 0.2) is 84.6 Å². The molecule has 1 aliphatic rings. The van der Waals surface area contributed by atoms with Gasteiger partial charge in [-0.25, -0.2) is 0 Å². The molecule has 0 spiro atoms. The predicted molar refractivity (Wildman–Crippen MR) is 125 cm³/mol. The average molecular weight is 446 g/mol. The van der Waals surface area contributed by atoms with Gasteiger partial charge in [-0.2, -0.15) is 0 Å². The molecule has 0 atom stereocenters. The van der Waals surface area contributed by atoms with Crippen LogP contribution in [-0.4, -0.2) is 22.6 Å². The highest BCUT2D eigenvalue weighted by Crippen LogP contribution is 2.31. The second-order valence-electron chi connectivity index (χ2n) is 7.32. The number of nitrogens with zero attached hydrogens (tertiary/aromatic N) is 1. The molecule has 3 aromatic carbocycles. The summed E-state index contributed by atoms with van der Waals surface area (Å²) in [7, 11) is 0. The van der Waals surface area contributed by atoms with Crippen LogP contribution in [0.25, 0.3) is 5.57 Å². The summed E-state index contributed by atoms with van der Waals surface area (Å²) in [4.78, 5) is 39.0. The van der Waals surface area contributed by atoms with Crippen molar-refractivity contribution in [2.24, 2.45) is 0 Å². The predicted octanol–water partition coefficient (Wildman–Crippen LogP) is 4.69. The van der Waals surface area contributed by atoms with Crippen LogP contribution in [0.1, 0.15) is 18.1 Å². The van der Waals surface area contributed by atoms with E-state index < -0.39 is 5.91 Å². The Morgan fingerprint density at radius 3 is 2.09 bits per heavy atom. The highest BCUT2D eigenvalue weighted by molar-refractivity contribution is 6.36. The number of nitrogens with one attached hydrogen (secondary N) is 2. The SMILES string of the molecule is CC(=O)Nc1ccc(NC2=C(c3ccccc3)C(=O)N(Cc3ccc(Cl)cc3)C2=O)cc1. The van der Waals surface area contributed by atoms with E-state index in [2.05, 4.69) is 10.6 Å². The average Bonchev–Trinajstić information content (AvgIpc) is 3.01. The van der Waals surface area contributed by atoms with E-state index in [1.807, 2.05) is 18.2 Å². The van der Waals surface area contributed by atoms with Gasteiger partial charge in [-0.3, -0.25) is 19.3 Å². The molecule has 0 saturated carbocycles. The zero-order valence-corrected chi connectivity index (χ0v) is 18.0. The molecule has 0 aliphatic carbocycles. The van der Waals surface area contributed by atoms with Crippen molar-refractivity contribution in [2.45, 2.75) is 13.5 Å². The maximum atomic E-state index is 13.3. The normalized spacial score (nSPS) is 13.5. The van der Waals surface area contributed by atoms with E-state index in [-0.39, 0.29) is 24.1 Å². The Kier molecular flexibility index (Phi) is 6.05. The number of rotatable bonds is 6. The molecule has 1 aliphatic heterocycles. The molecule has 0 unspecified atom stereocenters. The number of imide groups is 1. The number of halogens is 1. The quantitative estimate of drug-likeness (QED) is 0.539. The third-order valence-electron chi connectivity index (χ3n) is 4.96. The molecule has 32 heavy (non-hydrogen) atoms. The molecule has 0 bridgehead atoms. The number of amides is 3. The lowest BCUT2D eigenvalue weighted by molar-refractivity contribution is -0.137. The molecule has 7 heteroatoms. The second-order valence-corrected chi connectivity index (χ2v) is 7.76. The van der Waals surface area contributed by atoms with Gasteiger partial charge in [0, 0.05) is 23.3 Å². The van der Waals surface area contributed by atoms with Crippen LogP contribution in [-0.2, 0) is 20.9 Å². The maximum absolute atomic E-state index is 13.3. The van der Waals surface area contributed by atoms with E-state index in [0.717, 1.165) is 5.56 Å². The Bertz CT molecular complexity index is 1200. The minimum Gasteiger partial charge on any atom is -0.350 e. The van der Waals surface area contributed by atoms with Gasteiger partial charge in [-0.05, 0) is 47.5 Å². The molecule has 0 aromatic heterocycles. The van der Waals surface area contributed by atoms with E-state index in [4.69, 9.17) is 11.6 Å². The van der Waals surface area contributed by atoms with Gasteiger partial charge in [0.2, 0.25) is 5.91 Å². The van der Waals surface area contributed by atoms with Crippen LogP contribution in [0.2, 0.25) is 5.02 Å². The number of hydrogen-bond acceptors (Lipinski definition) is 4. The van der Waals surface area contributed by atoms with Crippen molar-refractivity contribution in [3.8, 4) is 0 Å². The van der Waals surface area contributed by atoms with Crippen molar-refractivity contribution in [3.63, 3.8) is 0 Å². The van der Waals surface area contributed by atoms with Gasteiger partial charge in [-0.15, -0.1) is 0 Å². The highest BCUT2D eigenvalue weighted by Gasteiger charge is 2.39. The summed E-state index contributed by atoms with van der Waals surface area (Å²) in [6.45, 7) is 1.57. The summed E-state index contributed by atoms with van der Waals surface area (Å²) >= 11 is 5.95. The lowest BCUT2D eigenvalue weighted by Crippen LogP contribution is -2.32. The van der Waals surface area contributed by atoms with Gasteiger partial charge in [0.15, 0.2) is 0 Å². The standard InChI is InChI=1S/C25H20ClN3O3/c1-16(30)27-20-11-13-21(14-12-20)28-23-22(18-5-3-2-4-6-18)24(31)29(25(23)32)15-17-7-9-19(26)10-8-17/h2-14,28H,15H2,1H3,(H,27,30). The Morgan fingerprint density at radius 2 is 1.47 bits per heavy atom. The first kappa shape index (κ1) is 21.3. The maximum Gasteiger partial charge on any atom is 0.278 e. The largest absolute Gasteiger partial charge is 0.350 e. The fraction of sp³-hybridized carbons (Fsp3) is 0.0800. The first-order chi connectivity index (χ1) is 15.4. The van der Waals surface area contributed by atoms with Crippen LogP contribution < -0.4 is 10.6 Å². The van der Waals surface area contributed by atoms with Crippen molar-refractivity contribution in [3.05, 3.63) is 101 Å². The number of carbonyl (C=O) groups is 3. The highest BCUT2D eigenvalue weighted by atomic mass is 35.5. The lowest BCUT2D eigenvalue weighted by atomic mass is 10.0. The molecule has 160 valence electrons. The fourth-order valence-electron chi connectivity index (χ4n) is 3.47. The van der Waals surface area contributed by atoms with Gasteiger partial charge in [-0.1, -0.05) is 54.1 Å². The number of anilines is 2. The molecule has 1 heterocycles. The Morgan fingerprint density at radius 1 is 0.844 bits per heavy atom. The fourth-order valence-corrected chi connectivity index (χ4v) is 3.59. The van der Waals surface area contributed by atoms with Crippen molar-refractivity contribution in [1.29, 1.82) is 0 Å². The Balaban J connectivity index is 1.66. The molecule has 0 saturated heterocycles. The van der Waals surface area contributed by atoms with Gasteiger partial charge >= 0.3 is 0 Å². The third kappa shape index (κ3) is 4.55. The van der Waals surface area contributed by atoms with Gasteiger partial charge in [0.05, 0.1) is 12.1 Å². The summed E-state index contributed by atoms with van der Waals surface area (Å²) in [5.74, 6) is -0.947. The minimum atomic E-state index is -0.408. The van der Waals surface area contributed by atoms with Crippen LogP contribution in [0, 0.1) is 0 Å². The summed E-state index contributed by atoms with van der Waals surface area (Å²) in [6, 6.07) is 23.0. The van der Waals surface area contributed by atoms with E-state index in [1.54, 1.807) is 60.7 Å². The molecule has 6 nitrogen and oxygen atoms in total. The van der Waals surface area contributed by atoms with Crippen molar-refractivity contribution in [1.82, 2.24) is 4.90 Å². The molecular formula is C25H20ClN3O3. The summed E-state index contributed by atoms with van der Waals surface area (Å²) in [6.07, 6.45) is 0. The summed E-state index contributed by atoms with van der Waals surface area (Å²) < 4.78 is 0. The smallest absolute Gasteiger partial charge is 0.278 e. The van der Waals surface area contributed by atoms with E-state index in [1.165, 1.54) is 11.8 Å². The Labute approximate surface area is 190 Å². The number of benzene rings is 3. The van der Waals surface area contributed by atoms with E-state index in [9.17, 15) is 14.4 Å². The zero-order valence-electron chi connectivity index (χ0n) is 17.3. The van der Waals surface area contributed by atoms with Crippen molar-refractivity contribution < 1.29 is 14.4 Å².